The number of nitrogen functional groups attached to an aromatic ring is 1. The molecule has 134 valence electrons. The van der Waals surface area contributed by atoms with E-state index in [4.69, 9.17) is 11.0 Å². The second-order valence-corrected chi connectivity index (χ2v) is 6.17. The average Bonchev–Trinajstić information content (AvgIpc) is 2.66. The fourth-order valence-electron chi connectivity index (χ4n) is 2.65. The Bertz CT molecular complexity index is 809. The quantitative estimate of drug-likeness (QED) is 0.536. The molecule has 0 unspecified atom stereocenters. The third-order valence-electron chi connectivity index (χ3n) is 4.11. The number of para-hydroxylation sites is 1. The zero-order valence-corrected chi connectivity index (χ0v) is 14.7. The van der Waals surface area contributed by atoms with Crippen molar-refractivity contribution in [1.82, 2.24) is 5.32 Å². The van der Waals surface area contributed by atoms with Crippen LogP contribution in [0.2, 0.25) is 0 Å². The number of Topliss-reactive ketones (excluding diaryl/α,β-unsaturated/α-hetero) is 1. The van der Waals surface area contributed by atoms with E-state index in [1.54, 1.807) is 30.3 Å². The average molecular weight is 349 g/mol. The molecule has 0 heterocycles. The van der Waals surface area contributed by atoms with E-state index in [1.165, 1.54) is 0 Å². The van der Waals surface area contributed by atoms with Gasteiger partial charge in [-0.1, -0.05) is 30.7 Å². The van der Waals surface area contributed by atoms with Gasteiger partial charge in [0.1, 0.15) is 5.78 Å². The molecular weight excluding hydrogens is 326 g/mol. The second kappa shape index (κ2) is 10.00. The van der Waals surface area contributed by atoms with Gasteiger partial charge >= 0.3 is 0 Å². The Morgan fingerprint density at radius 2 is 1.85 bits per heavy atom. The van der Waals surface area contributed by atoms with E-state index in [-0.39, 0.29) is 11.7 Å². The maximum Gasteiger partial charge on any atom is 0.251 e. The van der Waals surface area contributed by atoms with E-state index in [9.17, 15) is 9.59 Å². The van der Waals surface area contributed by atoms with Crippen molar-refractivity contribution in [1.29, 1.82) is 5.26 Å². The van der Waals surface area contributed by atoms with Gasteiger partial charge in [0.2, 0.25) is 0 Å². The van der Waals surface area contributed by atoms with Crippen molar-refractivity contribution < 1.29 is 9.59 Å². The number of hydrogen-bond acceptors (Lipinski definition) is 4. The van der Waals surface area contributed by atoms with E-state index in [0.29, 0.717) is 36.2 Å². The molecular formula is C21H23N3O2. The van der Waals surface area contributed by atoms with Crippen molar-refractivity contribution in [2.24, 2.45) is 0 Å². The molecule has 5 heteroatoms. The molecule has 0 aliphatic heterocycles. The first-order valence-corrected chi connectivity index (χ1v) is 8.73. The largest absolute Gasteiger partial charge is 0.398 e. The smallest absolute Gasteiger partial charge is 0.251 e. The number of unbranched alkanes of at least 4 members (excludes halogenated alkanes) is 2. The van der Waals surface area contributed by atoms with Gasteiger partial charge in [-0.15, -0.1) is 0 Å². The minimum atomic E-state index is -0.183. The van der Waals surface area contributed by atoms with Crippen LogP contribution in [0.15, 0.2) is 48.5 Å². The summed E-state index contributed by atoms with van der Waals surface area (Å²) in [6, 6.07) is 16.1. The summed E-state index contributed by atoms with van der Waals surface area (Å²) in [5.41, 5.74) is 8.34. The second-order valence-electron chi connectivity index (χ2n) is 6.17. The first kappa shape index (κ1) is 19.2. The maximum atomic E-state index is 12.0. The van der Waals surface area contributed by atoms with Crippen LogP contribution in [0.3, 0.4) is 0 Å². The van der Waals surface area contributed by atoms with Gasteiger partial charge in [-0.3, -0.25) is 9.59 Å². The highest BCUT2D eigenvalue weighted by Crippen LogP contribution is 2.13. The Morgan fingerprint density at radius 1 is 1.04 bits per heavy atom. The fraction of sp³-hybridized carbons (Fsp3) is 0.286. The van der Waals surface area contributed by atoms with Crippen molar-refractivity contribution in [2.45, 2.75) is 32.1 Å². The standard InChI is InChI=1S/C21H23N3O2/c22-15-16-7-6-9-18(13-16)21(26)24-12-5-1-2-10-19(25)14-17-8-3-4-11-20(17)23/h3-4,6-9,11,13H,1-2,5,10,12,14,23H2,(H,24,26). The van der Waals surface area contributed by atoms with Gasteiger partial charge in [-0.05, 0) is 42.7 Å². The number of nitrogens with zero attached hydrogens (tertiary/aromatic N) is 1. The number of nitriles is 1. The Kier molecular flexibility index (Phi) is 7.38. The molecule has 1 amide bonds. The summed E-state index contributed by atoms with van der Waals surface area (Å²) in [5, 5.41) is 11.7. The first-order chi connectivity index (χ1) is 12.6. The number of anilines is 1. The van der Waals surface area contributed by atoms with Gasteiger partial charge in [0, 0.05) is 30.6 Å². The zero-order chi connectivity index (χ0) is 18.8. The van der Waals surface area contributed by atoms with Crippen molar-refractivity contribution >= 4 is 17.4 Å². The monoisotopic (exact) mass is 349 g/mol. The Hall–Kier alpha value is -3.13. The molecule has 0 atom stereocenters. The summed E-state index contributed by atoms with van der Waals surface area (Å²) in [4.78, 5) is 24.0. The fourth-order valence-corrected chi connectivity index (χ4v) is 2.65. The molecule has 0 aliphatic carbocycles. The topological polar surface area (TPSA) is 96.0 Å². The minimum absolute atomic E-state index is 0.181. The van der Waals surface area contributed by atoms with E-state index in [1.807, 2.05) is 24.3 Å². The molecule has 0 saturated carbocycles. The van der Waals surface area contributed by atoms with Crippen LogP contribution in [-0.4, -0.2) is 18.2 Å². The molecule has 0 saturated heterocycles. The zero-order valence-electron chi connectivity index (χ0n) is 14.7. The van der Waals surface area contributed by atoms with E-state index in [2.05, 4.69) is 5.32 Å². The van der Waals surface area contributed by atoms with Gasteiger partial charge in [0.15, 0.2) is 0 Å². The van der Waals surface area contributed by atoms with Crippen LogP contribution >= 0.6 is 0 Å². The minimum Gasteiger partial charge on any atom is -0.398 e. The Balaban J connectivity index is 1.62. The Labute approximate surface area is 153 Å². The van der Waals surface area contributed by atoms with Gasteiger partial charge in [-0.2, -0.15) is 5.26 Å². The van der Waals surface area contributed by atoms with Crippen LogP contribution in [0.25, 0.3) is 0 Å². The molecule has 3 N–H and O–H groups in total. The number of rotatable bonds is 9. The normalized spacial score (nSPS) is 10.1. The van der Waals surface area contributed by atoms with Crippen LogP contribution in [0.5, 0.6) is 0 Å². The molecule has 2 aromatic carbocycles. The highest BCUT2D eigenvalue weighted by atomic mass is 16.1. The third-order valence-corrected chi connectivity index (χ3v) is 4.11. The summed E-state index contributed by atoms with van der Waals surface area (Å²) in [6.45, 7) is 0.551. The highest BCUT2D eigenvalue weighted by Gasteiger charge is 2.07. The highest BCUT2D eigenvalue weighted by molar-refractivity contribution is 5.94. The number of hydrogen-bond donors (Lipinski definition) is 2. The van der Waals surface area contributed by atoms with Gasteiger partial charge in [0.25, 0.3) is 5.91 Å². The predicted octanol–water partition coefficient (Wildman–Crippen LogP) is 3.24. The molecule has 0 bridgehead atoms. The van der Waals surface area contributed by atoms with E-state index in [0.717, 1.165) is 24.8 Å². The lowest BCUT2D eigenvalue weighted by Crippen LogP contribution is -2.24. The number of amides is 1. The van der Waals surface area contributed by atoms with Crippen molar-refractivity contribution in [2.75, 3.05) is 12.3 Å². The summed E-state index contributed by atoms with van der Waals surface area (Å²) in [5.74, 6) is -0.00187. The number of nitrogens with two attached hydrogens (primary N) is 1. The molecule has 5 nitrogen and oxygen atoms in total. The van der Waals surface area contributed by atoms with Crippen LogP contribution < -0.4 is 11.1 Å². The molecule has 2 aromatic rings. The third kappa shape index (κ3) is 6.06. The van der Waals surface area contributed by atoms with Crippen LogP contribution in [0.1, 0.15) is 47.2 Å². The number of carbonyl (C=O) groups is 2. The summed E-state index contributed by atoms with van der Waals surface area (Å²) in [6.07, 6.45) is 3.37. The molecule has 0 fully saturated rings. The molecule has 0 spiro atoms. The van der Waals surface area contributed by atoms with Crippen LogP contribution in [0, 0.1) is 11.3 Å². The lowest BCUT2D eigenvalue weighted by Gasteiger charge is -2.06. The summed E-state index contributed by atoms with van der Waals surface area (Å²) in [7, 11) is 0. The number of benzene rings is 2. The van der Waals surface area contributed by atoms with Gasteiger partial charge in [0.05, 0.1) is 11.6 Å². The number of ketones is 1. The van der Waals surface area contributed by atoms with E-state index < -0.39 is 0 Å². The van der Waals surface area contributed by atoms with Crippen LogP contribution in [0.4, 0.5) is 5.69 Å². The van der Waals surface area contributed by atoms with E-state index >= 15 is 0 Å². The van der Waals surface area contributed by atoms with Crippen molar-refractivity contribution in [3.63, 3.8) is 0 Å². The van der Waals surface area contributed by atoms with Crippen LogP contribution in [-0.2, 0) is 11.2 Å². The molecule has 0 aliphatic rings. The first-order valence-electron chi connectivity index (χ1n) is 8.73. The lowest BCUT2D eigenvalue weighted by atomic mass is 10.0. The van der Waals surface area contributed by atoms with Crippen molar-refractivity contribution in [3.05, 3.63) is 65.2 Å². The maximum absolute atomic E-state index is 12.0. The lowest BCUT2D eigenvalue weighted by molar-refractivity contribution is -0.118. The molecule has 2 rings (SSSR count). The SMILES string of the molecule is N#Cc1cccc(C(=O)NCCCCCC(=O)Cc2ccccc2N)c1. The Morgan fingerprint density at radius 3 is 2.62 bits per heavy atom. The molecule has 26 heavy (non-hydrogen) atoms. The molecule has 0 radical (unpaired) electrons. The number of nitrogens with one attached hydrogen (secondary N) is 1. The van der Waals surface area contributed by atoms with Crippen molar-refractivity contribution in [3.8, 4) is 6.07 Å². The number of carbonyl (C=O) groups excluding carboxylic acids is 2. The summed E-state index contributed by atoms with van der Waals surface area (Å²) < 4.78 is 0. The van der Waals surface area contributed by atoms with Gasteiger partial charge < -0.3 is 11.1 Å². The van der Waals surface area contributed by atoms with Gasteiger partial charge in [-0.25, -0.2) is 0 Å². The summed E-state index contributed by atoms with van der Waals surface area (Å²) >= 11 is 0. The predicted molar refractivity (Wildman–Crippen MR) is 102 cm³/mol. The molecule has 0 aromatic heterocycles.